The molecular formula is C33H23ClN2O4S. The van der Waals surface area contributed by atoms with Gasteiger partial charge >= 0.3 is 0 Å². The van der Waals surface area contributed by atoms with Gasteiger partial charge in [0.15, 0.2) is 16.7 Å². The average Bonchev–Trinajstić information content (AvgIpc) is 3.53. The van der Waals surface area contributed by atoms with Gasteiger partial charge in [0.25, 0.3) is 5.91 Å². The molecule has 0 saturated carbocycles. The molecule has 4 aromatic carbocycles. The number of hydrogen-bond donors (Lipinski definition) is 1. The smallest absolute Gasteiger partial charge is 0.296 e. The van der Waals surface area contributed by atoms with Crippen LogP contribution in [0.25, 0.3) is 16.3 Å². The molecule has 0 aliphatic carbocycles. The van der Waals surface area contributed by atoms with Crippen LogP contribution in [-0.2, 0) is 16.2 Å². The summed E-state index contributed by atoms with van der Waals surface area (Å²) in [6.45, 7) is 0.350. The third kappa shape index (κ3) is 5.50. The molecule has 202 valence electrons. The zero-order valence-corrected chi connectivity index (χ0v) is 23.2. The number of rotatable bonds is 8. The molecule has 1 atom stereocenters. The van der Waals surface area contributed by atoms with Crippen LogP contribution in [-0.4, -0.2) is 21.8 Å². The van der Waals surface area contributed by atoms with Gasteiger partial charge in [-0.3, -0.25) is 14.5 Å². The fraction of sp³-hybridized carbons (Fsp3) is 0.0606. The van der Waals surface area contributed by atoms with Crippen molar-refractivity contribution >= 4 is 56.1 Å². The number of nitrogens with zero attached hydrogens (tertiary/aromatic N) is 2. The summed E-state index contributed by atoms with van der Waals surface area (Å²) < 4.78 is 6.82. The SMILES string of the molecule is O=C(/C=C/c1ccccc1)C1=C(O)C(=O)N(c2nc3ccc(Cl)cc3s2)C1c1cccc(OCc2ccccc2)c1. The van der Waals surface area contributed by atoms with Crippen LogP contribution >= 0.6 is 22.9 Å². The first-order valence-electron chi connectivity index (χ1n) is 12.8. The van der Waals surface area contributed by atoms with Gasteiger partial charge < -0.3 is 9.84 Å². The molecule has 1 aliphatic heterocycles. The fourth-order valence-corrected chi connectivity index (χ4v) is 5.97. The predicted molar refractivity (Wildman–Crippen MR) is 162 cm³/mol. The third-order valence-electron chi connectivity index (χ3n) is 6.67. The monoisotopic (exact) mass is 578 g/mol. The number of allylic oxidation sites excluding steroid dienone is 1. The standard InChI is InChI=1S/C33H23ClN2O4S/c34-24-15-16-26-28(19-24)41-33(35-26)36-30(23-12-7-13-25(18-23)40-20-22-10-5-2-6-11-22)29(31(38)32(36)39)27(37)17-14-21-8-3-1-4-9-21/h1-19,30,38H,20H2/b17-14+. The number of ketones is 1. The van der Waals surface area contributed by atoms with Crippen LogP contribution in [0.3, 0.4) is 0 Å². The summed E-state index contributed by atoms with van der Waals surface area (Å²) in [4.78, 5) is 33.2. The second-order valence-electron chi connectivity index (χ2n) is 9.40. The van der Waals surface area contributed by atoms with E-state index in [9.17, 15) is 14.7 Å². The van der Waals surface area contributed by atoms with Crippen molar-refractivity contribution in [3.05, 3.63) is 142 Å². The molecule has 0 radical (unpaired) electrons. The number of benzene rings is 4. The Kier molecular flexibility index (Phi) is 7.37. The summed E-state index contributed by atoms with van der Waals surface area (Å²) in [7, 11) is 0. The molecule has 0 saturated heterocycles. The zero-order valence-electron chi connectivity index (χ0n) is 21.6. The molecule has 1 aliphatic rings. The summed E-state index contributed by atoms with van der Waals surface area (Å²) in [6, 6.07) is 30.6. The van der Waals surface area contributed by atoms with Gasteiger partial charge in [0.2, 0.25) is 0 Å². The number of halogens is 1. The maximum atomic E-state index is 13.6. The van der Waals surface area contributed by atoms with Gasteiger partial charge in [-0.1, -0.05) is 102 Å². The Labute approximate surface area is 245 Å². The second-order valence-corrected chi connectivity index (χ2v) is 10.8. The van der Waals surface area contributed by atoms with E-state index in [-0.39, 0.29) is 5.57 Å². The van der Waals surface area contributed by atoms with Gasteiger partial charge in [0.05, 0.1) is 21.8 Å². The Balaban J connectivity index is 1.40. The lowest BCUT2D eigenvalue weighted by molar-refractivity contribution is -0.117. The minimum absolute atomic E-state index is 0.0281. The summed E-state index contributed by atoms with van der Waals surface area (Å²) in [6.07, 6.45) is 3.03. The number of carbonyl (C=O) groups is 2. The lowest BCUT2D eigenvalue weighted by atomic mass is 9.95. The largest absolute Gasteiger partial charge is 0.503 e. The number of anilines is 1. The molecule has 0 bridgehead atoms. The molecular weight excluding hydrogens is 556 g/mol. The Bertz CT molecular complexity index is 1820. The minimum atomic E-state index is -0.924. The van der Waals surface area contributed by atoms with Crippen LogP contribution in [0.15, 0.2) is 121 Å². The molecule has 1 unspecified atom stereocenters. The van der Waals surface area contributed by atoms with E-state index < -0.39 is 23.5 Å². The van der Waals surface area contributed by atoms with Gasteiger partial charge in [0.1, 0.15) is 12.4 Å². The van der Waals surface area contributed by atoms with Crippen molar-refractivity contribution in [2.75, 3.05) is 4.90 Å². The first kappa shape index (κ1) is 26.5. The van der Waals surface area contributed by atoms with E-state index in [0.29, 0.717) is 33.6 Å². The van der Waals surface area contributed by atoms with Crippen molar-refractivity contribution in [2.24, 2.45) is 0 Å². The molecule has 0 spiro atoms. The van der Waals surface area contributed by atoms with Crippen LogP contribution < -0.4 is 9.64 Å². The highest BCUT2D eigenvalue weighted by atomic mass is 35.5. The van der Waals surface area contributed by atoms with Crippen LogP contribution in [0, 0.1) is 0 Å². The number of thiazole rings is 1. The first-order chi connectivity index (χ1) is 20.0. The number of fused-ring (bicyclic) bond motifs is 1. The molecule has 5 aromatic rings. The summed E-state index contributed by atoms with van der Waals surface area (Å²) in [5, 5.41) is 12.0. The summed E-state index contributed by atoms with van der Waals surface area (Å²) >= 11 is 7.45. The number of aliphatic hydroxyl groups excluding tert-OH is 1. The molecule has 0 fully saturated rings. The van der Waals surface area contributed by atoms with E-state index in [2.05, 4.69) is 4.98 Å². The van der Waals surface area contributed by atoms with Crippen molar-refractivity contribution in [3.8, 4) is 5.75 Å². The summed E-state index contributed by atoms with van der Waals surface area (Å²) in [5.74, 6) is -1.22. The molecule has 41 heavy (non-hydrogen) atoms. The molecule has 6 rings (SSSR count). The lowest BCUT2D eigenvalue weighted by Gasteiger charge is -2.24. The van der Waals surface area contributed by atoms with E-state index in [0.717, 1.165) is 15.8 Å². The molecule has 6 nitrogen and oxygen atoms in total. The highest BCUT2D eigenvalue weighted by Gasteiger charge is 2.45. The van der Waals surface area contributed by atoms with Gasteiger partial charge in [-0.2, -0.15) is 0 Å². The van der Waals surface area contributed by atoms with Crippen LogP contribution in [0.2, 0.25) is 5.02 Å². The quantitative estimate of drug-likeness (QED) is 0.191. The number of aliphatic hydroxyl groups is 1. The number of hydrogen-bond acceptors (Lipinski definition) is 6. The van der Waals surface area contributed by atoms with E-state index in [1.54, 1.807) is 42.5 Å². The topological polar surface area (TPSA) is 79.7 Å². The van der Waals surface area contributed by atoms with Gasteiger partial charge in [0, 0.05) is 5.02 Å². The van der Waals surface area contributed by atoms with Crippen molar-refractivity contribution in [1.82, 2.24) is 4.98 Å². The van der Waals surface area contributed by atoms with E-state index in [1.807, 2.05) is 66.7 Å². The average molecular weight is 579 g/mol. The van der Waals surface area contributed by atoms with Gasteiger partial charge in [-0.25, -0.2) is 4.98 Å². The molecule has 2 heterocycles. The highest BCUT2D eigenvalue weighted by molar-refractivity contribution is 7.22. The van der Waals surface area contributed by atoms with Crippen molar-refractivity contribution in [2.45, 2.75) is 12.6 Å². The first-order valence-corrected chi connectivity index (χ1v) is 14.0. The number of carbonyl (C=O) groups excluding carboxylic acids is 2. The van der Waals surface area contributed by atoms with Gasteiger partial charge in [-0.05, 0) is 53.1 Å². The van der Waals surface area contributed by atoms with E-state index in [1.165, 1.54) is 22.3 Å². The Hall–Kier alpha value is -4.72. The van der Waals surface area contributed by atoms with Gasteiger partial charge in [-0.15, -0.1) is 0 Å². The Morgan fingerprint density at radius 1 is 0.976 bits per heavy atom. The van der Waals surface area contributed by atoms with Crippen LogP contribution in [0.4, 0.5) is 5.13 Å². The lowest BCUT2D eigenvalue weighted by Crippen LogP contribution is -2.30. The molecule has 1 N–H and O–H groups in total. The normalized spacial score (nSPS) is 15.3. The van der Waals surface area contributed by atoms with Crippen molar-refractivity contribution < 1.29 is 19.4 Å². The minimum Gasteiger partial charge on any atom is -0.503 e. The maximum absolute atomic E-state index is 13.6. The Morgan fingerprint density at radius 2 is 1.73 bits per heavy atom. The zero-order chi connectivity index (χ0) is 28.3. The summed E-state index contributed by atoms with van der Waals surface area (Å²) in [5.41, 5.74) is 3.05. The molecule has 8 heteroatoms. The highest BCUT2D eigenvalue weighted by Crippen LogP contribution is 2.44. The molecule has 1 aromatic heterocycles. The van der Waals surface area contributed by atoms with E-state index in [4.69, 9.17) is 16.3 Å². The van der Waals surface area contributed by atoms with Crippen molar-refractivity contribution in [3.63, 3.8) is 0 Å². The number of aromatic nitrogens is 1. The predicted octanol–water partition coefficient (Wildman–Crippen LogP) is 7.71. The maximum Gasteiger partial charge on any atom is 0.296 e. The van der Waals surface area contributed by atoms with Crippen LogP contribution in [0.5, 0.6) is 5.75 Å². The number of amides is 1. The Morgan fingerprint density at radius 3 is 2.51 bits per heavy atom. The second kappa shape index (κ2) is 11.4. The fourth-order valence-electron chi connectivity index (χ4n) is 4.70. The van der Waals surface area contributed by atoms with Crippen LogP contribution in [0.1, 0.15) is 22.7 Å². The third-order valence-corrected chi connectivity index (χ3v) is 7.92. The number of ether oxygens (including phenoxy) is 1. The molecule has 1 amide bonds. The van der Waals surface area contributed by atoms with E-state index >= 15 is 0 Å². The van der Waals surface area contributed by atoms with Crippen molar-refractivity contribution in [1.29, 1.82) is 0 Å².